The van der Waals surface area contributed by atoms with Gasteiger partial charge < -0.3 is 4.57 Å². The van der Waals surface area contributed by atoms with Gasteiger partial charge in [-0.1, -0.05) is 19.1 Å². The molecule has 1 aromatic heterocycles. The van der Waals surface area contributed by atoms with Gasteiger partial charge in [-0.15, -0.1) is 0 Å². The van der Waals surface area contributed by atoms with Crippen molar-refractivity contribution in [1.82, 2.24) is 9.55 Å². The molecule has 1 aromatic rings. The van der Waals surface area contributed by atoms with E-state index in [2.05, 4.69) is 30.4 Å². The van der Waals surface area contributed by atoms with Crippen LogP contribution in [0.5, 0.6) is 0 Å². The van der Waals surface area contributed by atoms with Gasteiger partial charge in [0.1, 0.15) is 0 Å². The highest BCUT2D eigenvalue weighted by molar-refractivity contribution is 4.83. The van der Waals surface area contributed by atoms with E-state index in [0.29, 0.717) is 0 Å². The zero-order valence-corrected chi connectivity index (χ0v) is 6.12. The Kier molecular flexibility index (Phi) is 2.74. The van der Waals surface area contributed by atoms with E-state index < -0.39 is 0 Å². The average Bonchev–Trinajstić information content (AvgIpc) is 2.41. The van der Waals surface area contributed by atoms with Crippen LogP contribution in [0.15, 0.2) is 24.5 Å². The maximum Gasteiger partial charge on any atom is 0.176 e. The molecular weight excluding hydrogens is 124 g/mol. The van der Waals surface area contributed by atoms with Crippen LogP contribution in [0.3, 0.4) is 0 Å². The zero-order valence-electron chi connectivity index (χ0n) is 6.12. The van der Waals surface area contributed by atoms with Crippen molar-refractivity contribution in [2.24, 2.45) is 0 Å². The van der Waals surface area contributed by atoms with E-state index in [1.165, 1.54) is 0 Å². The molecule has 0 unspecified atom stereocenters. The Labute approximate surface area is 61.2 Å². The van der Waals surface area contributed by atoms with Gasteiger partial charge >= 0.3 is 0 Å². The van der Waals surface area contributed by atoms with E-state index in [0.717, 1.165) is 13.0 Å². The van der Waals surface area contributed by atoms with Gasteiger partial charge in [-0.2, -0.15) is 0 Å². The molecule has 0 aliphatic carbocycles. The van der Waals surface area contributed by atoms with Crippen LogP contribution in [0.25, 0.3) is 0 Å². The molecule has 0 aliphatic heterocycles. The van der Waals surface area contributed by atoms with Crippen LogP contribution in [0.2, 0.25) is 0 Å². The van der Waals surface area contributed by atoms with Crippen LogP contribution in [-0.2, 0) is 6.54 Å². The number of imidazole rings is 1. The van der Waals surface area contributed by atoms with Crippen LogP contribution in [-0.4, -0.2) is 9.55 Å². The SMILES string of the molecule is CC/C=C/Cn1[c]ncc1. The second-order valence-electron chi connectivity index (χ2n) is 2.06. The molecule has 53 valence electrons. The topological polar surface area (TPSA) is 17.8 Å². The van der Waals surface area contributed by atoms with Crippen LogP contribution in [0.1, 0.15) is 13.3 Å². The third-order valence-electron chi connectivity index (χ3n) is 1.21. The van der Waals surface area contributed by atoms with Crippen molar-refractivity contribution in [3.05, 3.63) is 30.9 Å². The number of rotatable bonds is 3. The highest BCUT2D eigenvalue weighted by Gasteiger charge is 1.82. The summed E-state index contributed by atoms with van der Waals surface area (Å²) < 4.78 is 1.91. The number of hydrogen-bond acceptors (Lipinski definition) is 1. The van der Waals surface area contributed by atoms with Crippen LogP contribution >= 0.6 is 0 Å². The predicted octanol–water partition coefficient (Wildman–Crippen LogP) is 1.65. The fraction of sp³-hybridized carbons (Fsp3) is 0.375. The van der Waals surface area contributed by atoms with Crippen molar-refractivity contribution >= 4 is 0 Å². The van der Waals surface area contributed by atoms with Gasteiger partial charge in [0.2, 0.25) is 0 Å². The molecule has 0 amide bonds. The number of nitrogens with zero attached hydrogens (tertiary/aromatic N) is 2. The number of allylic oxidation sites excluding steroid dienone is 2. The van der Waals surface area contributed by atoms with Gasteiger partial charge in [-0.3, -0.25) is 0 Å². The number of hydrogen-bond donors (Lipinski definition) is 0. The zero-order chi connectivity index (χ0) is 7.23. The quantitative estimate of drug-likeness (QED) is 0.576. The first-order valence-corrected chi connectivity index (χ1v) is 3.47. The predicted molar refractivity (Wildman–Crippen MR) is 40.5 cm³/mol. The molecule has 1 rings (SSSR count). The Balaban J connectivity index is 2.34. The standard InChI is InChI=1S/C8H11N2/c1-2-3-4-6-10-7-5-9-8-10/h3-5,7H,2,6H2,1H3/b4-3+. The lowest BCUT2D eigenvalue weighted by molar-refractivity contribution is 0.809. The molecule has 0 saturated heterocycles. The lowest BCUT2D eigenvalue weighted by Crippen LogP contribution is -1.89. The van der Waals surface area contributed by atoms with Crippen LogP contribution in [0, 0.1) is 6.33 Å². The molecule has 0 fully saturated rings. The van der Waals surface area contributed by atoms with E-state index in [4.69, 9.17) is 0 Å². The summed E-state index contributed by atoms with van der Waals surface area (Å²) in [6.45, 7) is 3.00. The molecule has 2 heteroatoms. The van der Waals surface area contributed by atoms with Gasteiger partial charge in [0.15, 0.2) is 6.33 Å². The summed E-state index contributed by atoms with van der Waals surface area (Å²) in [5, 5.41) is 0. The van der Waals surface area contributed by atoms with Crippen molar-refractivity contribution in [1.29, 1.82) is 0 Å². The molecule has 2 nitrogen and oxygen atoms in total. The summed E-state index contributed by atoms with van der Waals surface area (Å²) in [6.07, 6.45) is 11.8. The minimum Gasteiger partial charge on any atom is -0.325 e. The minimum absolute atomic E-state index is 0.883. The summed E-state index contributed by atoms with van der Waals surface area (Å²) in [6, 6.07) is 0. The normalized spacial score (nSPS) is 10.9. The van der Waals surface area contributed by atoms with Crippen LogP contribution in [0.4, 0.5) is 0 Å². The highest BCUT2D eigenvalue weighted by atomic mass is 15.0. The Morgan fingerprint density at radius 3 is 3.10 bits per heavy atom. The second kappa shape index (κ2) is 3.88. The fourth-order valence-corrected chi connectivity index (χ4v) is 0.711. The van der Waals surface area contributed by atoms with E-state index in [9.17, 15) is 0 Å². The summed E-state index contributed by atoms with van der Waals surface area (Å²) in [5.74, 6) is 0. The van der Waals surface area contributed by atoms with Crippen LogP contribution < -0.4 is 0 Å². The summed E-state index contributed by atoms with van der Waals surface area (Å²) in [5.41, 5.74) is 0. The number of aromatic nitrogens is 2. The summed E-state index contributed by atoms with van der Waals surface area (Å²) in [4.78, 5) is 3.80. The molecule has 0 N–H and O–H groups in total. The molecule has 1 heterocycles. The first-order chi connectivity index (χ1) is 4.93. The van der Waals surface area contributed by atoms with Crippen molar-refractivity contribution in [3.63, 3.8) is 0 Å². The fourth-order valence-electron chi connectivity index (χ4n) is 0.711. The average molecular weight is 135 g/mol. The van der Waals surface area contributed by atoms with Crippen molar-refractivity contribution in [2.75, 3.05) is 0 Å². The third kappa shape index (κ3) is 2.05. The van der Waals surface area contributed by atoms with Gasteiger partial charge in [0, 0.05) is 18.9 Å². The van der Waals surface area contributed by atoms with Crippen molar-refractivity contribution < 1.29 is 0 Å². The molecule has 10 heavy (non-hydrogen) atoms. The Hall–Kier alpha value is -1.05. The largest absolute Gasteiger partial charge is 0.325 e. The lowest BCUT2D eigenvalue weighted by atomic mass is 10.4. The summed E-state index contributed by atoms with van der Waals surface area (Å²) >= 11 is 0. The smallest absolute Gasteiger partial charge is 0.176 e. The lowest BCUT2D eigenvalue weighted by Gasteiger charge is -1.91. The van der Waals surface area contributed by atoms with Gasteiger partial charge in [-0.25, -0.2) is 4.98 Å². The maximum atomic E-state index is 3.80. The monoisotopic (exact) mass is 135 g/mol. The van der Waals surface area contributed by atoms with E-state index in [-0.39, 0.29) is 0 Å². The first-order valence-electron chi connectivity index (χ1n) is 3.47. The molecule has 0 spiro atoms. The Morgan fingerprint density at radius 2 is 2.50 bits per heavy atom. The molecular formula is C8H11N2. The van der Waals surface area contributed by atoms with E-state index >= 15 is 0 Å². The highest BCUT2D eigenvalue weighted by Crippen LogP contribution is 1.87. The minimum atomic E-state index is 0.883. The van der Waals surface area contributed by atoms with Gasteiger partial charge in [0.25, 0.3) is 0 Å². The van der Waals surface area contributed by atoms with Crippen molar-refractivity contribution in [2.45, 2.75) is 19.9 Å². The summed E-state index contributed by atoms with van der Waals surface area (Å²) in [7, 11) is 0. The molecule has 0 saturated carbocycles. The van der Waals surface area contributed by atoms with E-state index in [1.807, 2.05) is 10.8 Å². The molecule has 0 bridgehead atoms. The van der Waals surface area contributed by atoms with E-state index in [1.54, 1.807) is 6.20 Å². The molecule has 0 atom stereocenters. The molecule has 0 aromatic carbocycles. The molecule has 1 radical (unpaired) electrons. The second-order valence-corrected chi connectivity index (χ2v) is 2.06. The van der Waals surface area contributed by atoms with Gasteiger partial charge in [0.05, 0.1) is 0 Å². The third-order valence-corrected chi connectivity index (χ3v) is 1.21. The van der Waals surface area contributed by atoms with Gasteiger partial charge in [-0.05, 0) is 6.42 Å². The Bertz CT molecular complexity index is 187. The molecule has 0 aliphatic rings. The Morgan fingerprint density at radius 1 is 1.60 bits per heavy atom. The van der Waals surface area contributed by atoms with Crippen molar-refractivity contribution in [3.8, 4) is 0 Å². The maximum absolute atomic E-state index is 3.80. The first kappa shape index (κ1) is 7.06.